The molecule has 0 amide bonds. The van der Waals surface area contributed by atoms with Gasteiger partial charge in [-0.1, -0.05) is 34.1 Å². The number of furan rings is 1. The lowest BCUT2D eigenvalue weighted by Gasteiger charge is -2.14. The van der Waals surface area contributed by atoms with Crippen LogP contribution in [0.25, 0.3) is 11.3 Å². The molecule has 0 aliphatic carbocycles. The second-order valence-electron chi connectivity index (χ2n) is 4.97. The quantitative estimate of drug-likeness (QED) is 0.616. The maximum absolute atomic E-state index is 12.4. The van der Waals surface area contributed by atoms with E-state index in [0.29, 0.717) is 9.97 Å². The predicted molar refractivity (Wildman–Crippen MR) is 94.8 cm³/mol. The van der Waals surface area contributed by atoms with Crippen molar-refractivity contribution in [2.45, 2.75) is 10.8 Å². The van der Waals surface area contributed by atoms with Gasteiger partial charge in [0.05, 0.1) is 6.54 Å². The average Bonchev–Trinajstić information content (AvgIpc) is 3.19. The molecule has 7 heteroatoms. The molecule has 0 atom stereocenters. The average molecular weight is 412 g/mol. The molecule has 0 aliphatic heterocycles. The smallest absolute Gasteiger partial charge is 0.252 e. The van der Waals surface area contributed by atoms with Crippen molar-refractivity contribution in [3.8, 4) is 11.3 Å². The van der Waals surface area contributed by atoms with E-state index in [1.54, 1.807) is 30.6 Å². The van der Waals surface area contributed by atoms with E-state index < -0.39 is 10.0 Å². The molecule has 4 nitrogen and oxygen atoms in total. The van der Waals surface area contributed by atoms with E-state index in [2.05, 4.69) is 15.9 Å². The Morgan fingerprint density at radius 1 is 1.13 bits per heavy atom. The second-order valence-corrected chi connectivity index (χ2v) is 9.10. The van der Waals surface area contributed by atoms with Crippen LogP contribution < -0.4 is 0 Å². The number of rotatable bonds is 5. The minimum Gasteiger partial charge on any atom is -0.460 e. The first-order chi connectivity index (χ1) is 11.0. The van der Waals surface area contributed by atoms with Crippen LogP contribution in [0.15, 0.2) is 67.0 Å². The van der Waals surface area contributed by atoms with Gasteiger partial charge in [-0.2, -0.15) is 4.31 Å². The molecule has 0 saturated heterocycles. The predicted octanol–water partition coefficient (Wildman–Crippen LogP) is 4.59. The standard InChI is InChI=1S/C16H14BrNO3S2/c1-18(23(19,20)16-3-2-10-22-16)11-14-8-9-15(21-14)12-4-6-13(17)7-5-12/h2-10H,11H2,1H3. The van der Waals surface area contributed by atoms with Crippen molar-refractivity contribution in [3.63, 3.8) is 0 Å². The Morgan fingerprint density at radius 2 is 1.87 bits per heavy atom. The van der Waals surface area contributed by atoms with Crippen LogP contribution in [0.1, 0.15) is 5.76 Å². The summed E-state index contributed by atoms with van der Waals surface area (Å²) >= 11 is 4.60. The molecule has 0 unspecified atom stereocenters. The van der Waals surface area contributed by atoms with Crippen molar-refractivity contribution < 1.29 is 12.8 Å². The van der Waals surface area contributed by atoms with E-state index in [9.17, 15) is 8.42 Å². The monoisotopic (exact) mass is 411 g/mol. The summed E-state index contributed by atoms with van der Waals surface area (Å²) in [5.74, 6) is 1.32. The number of nitrogens with zero attached hydrogens (tertiary/aromatic N) is 1. The zero-order valence-electron chi connectivity index (χ0n) is 12.3. The van der Waals surface area contributed by atoms with E-state index in [4.69, 9.17) is 4.42 Å². The van der Waals surface area contributed by atoms with Gasteiger partial charge in [0, 0.05) is 17.1 Å². The van der Waals surface area contributed by atoms with Crippen LogP contribution in [0.5, 0.6) is 0 Å². The Bertz CT molecular complexity index is 884. The third-order valence-corrected chi connectivity index (χ3v) is 7.03. The number of hydrogen-bond acceptors (Lipinski definition) is 4. The first-order valence-electron chi connectivity index (χ1n) is 6.81. The summed E-state index contributed by atoms with van der Waals surface area (Å²) < 4.78 is 33.2. The first-order valence-corrected chi connectivity index (χ1v) is 9.92. The Balaban J connectivity index is 1.78. The molecule has 3 rings (SSSR count). The molecular weight excluding hydrogens is 398 g/mol. The molecule has 2 heterocycles. The Hall–Kier alpha value is -1.41. The Labute approximate surface area is 147 Å². The van der Waals surface area contributed by atoms with Crippen molar-refractivity contribution in [2.24, 2.45) is 0 Å². The fraction of sp³-hybridized carbons (Fsp3) is 0.125. The van der Waals surface area contributed by atoms with Gasteiger partial charge in [0.15, 0.2) is 0 Å². The molecule has 0 aliphatic rings. The molecule has 0 saturated carbocycles. The molecule has 23 heavy (non-hydrogen) atoms. The number of sulfonamides is 1. The number of thiophene rings is 1. The topological polar surface area (TPSA) is 50.5 Å². The minimum absolute atomic E-state index is 0.191. The molecule has 3 aromatic rings. The number of halogens is 1. The van der Waals surface area contributed by atoms with Crippen LogP contribution in [-0.4, -0.2) is 19.8 Å². The van der Waals surface area contributed by atoms with E-state index in [1.165, 1.54) is 15.6 Å². The highest BCUT2D eigenvalue weighted by molar-refractivity contribution is 9.10. The zero-order chi connectivity index (χ0) is 16.4. The van der Waals surface area contributed by atoms with Gasteiger partial charge in [-0.25, -0.2) is 8.42 Å². The largest absolute Gasteiger partial charge is 0.460 e. The lowest BCUT2D eigenvalue weighted by molar-refractivity contribution is 0.411. The summed E-state index contributed by atoms with van der Waals surface area (Å²) in [4.78, 5) is 0. The van der Waals surface area contributed by atoms with Crippen molar-refractivity contribution in [3.05, 3.63) is 64.1 Å². The fourth-order valence-corrected chi connectivity index (χ4v) is 4.70. The second kappa shape index (κ2) is 6.60. The summed E-state index contributed by atoms with van der Waals surface area (Å²) in [5.41, 5.74) is 0.947. The van der Waals surface area contributed by atoms with Gasteiger partial charge in [0.25, 0.3) is 10.0 Å². The Kier molecular flexibility index (Phi) is 4.72. The number of hydrogen-bond donors (Lipinski definition) is 0. The van der Waals surface area contributed by atoms with Gasteiger partial charge in [0.1, 0.15) is 15.7 Å². The van der Waals surface area contributed by atoms with Crippen molar-refractivity contribution >= 4 is 37.3 Å². The van der Waals surface area contributed by atoms with Gasteiger partial charge in [-0.15, -0.1) is 11.3 Å². The normalized spacial score (nSPS) is 12.0. The fourth-order valence-electron chi connectivity index (χ4n) is 2.10. The molecule has 2 aromatic heterocycles. The van der Waals surface area contributed by atoms with Crippen LogP contribution in [0.2, 0.25) is 0 Å². The summed E-state index contributed by atoms with van der Waals surface area (Å²) in [6.45, 7) is 0.191. The zero-order valence-corrected chi connectivity index (χ0v) is 15.5. The SMILES string of the molecule is CN(Cc1ccc(-c2ccc(Br)cc2)o1)S(=O)(=O)c1cccs1. The molecule has 0 bridgehead atoms. The van der Waals surface area contributed by atoms with Gasteiger partial charge in [0.2, 0.25) is 0 Å². The summed E-state index contributed by atoms with van der Waals surface area (Å²) in [6.07, 6.45) is 0. The van der Waals surface area contributed by atoms with Crippen LogP contribution >= 0.6 is 27.3 Å². The van der Waals surface area contributed by atoms with Crippen molar-refractivity contribution in [1.29, 1.82) is 0 Å². The van der Waals surface area contributed by atoms with Crippen molar-refractivity contribution in [2.75, 3.05) is 7.05 Å². The van der Waals surface area contributed by atoms with Crippen LogP contribution in [0, 0.1) is 0 Å². The molecule has 120 valence electrons. The molecule has 0 spiro atoms. The molecule has 0 radical (unpaired) electrons. The highest BCUT2D eigenvalue weighted by atomic mass is 79.9. The van der Waals surface area contributed by atoms with Gasteiger partial charge in [-0.05, 0) is 35.7 Å². The lowest BCUT2D eigenvalue weighted by Crippen LogP contribution is -2.25. The van der Waals surface area contributed by atoms with Crippen LogP contribution in [-0.2, 0) is 16.6 Å². The third-order valence-electron chi connectivity index (χ3n) is 3.33. The van der Waals surface area contributed by atoms with E-state index in [1.807, 2.05) is 30.3 Å². The van der Waals surface area contributed by atoms with Crippen molar-refractivity contribution in [1.82, 2.24) is 4.31 Å². The maximum Gasteiger partial charge on any atom is 0.252 e. The summed E-state index contributed by atoms with van der Waals surface area (Å²) in [6, 6.07) is 14.7. The molecular formula is C16H14BrNO3S2. The third kappa shape index (κ3) is 3.58. The number of benzene rings is 1. The summed E-state index contributed by atoms with van der Waals surface area (Å²) in [7, 11) is -1.92. The maximum atomic E-state index is 12.4. The highest BCUT2D eigenvalue weighted by Crippen LogP contribution is 2.26. The van der Waals surface area contributed by atoms with Gasteiger partial charge >= 0.3 is 0 Å². The van der Waals surface area contributed by atoms with Crippen LogP contribution in [0.3, 0.4) is 0 Å². The Morgan fingerprint density at radius 3 is 2.52 bits per heavy atom. The molecule has 0 fully saturated rings. The van der Waals surface area contributed by atoms with Gasteiger partial charge in [-0.3, -0.25) is 0 Å². The highest BCUT2D eigenvalue weighted by Gasteiger charge is 2.22. The summed E-state index contributed by atoms with van der Waals surface area (Å²) in [5, 5.41) is 1.75. The van der Waals surface area contributed by atoms with E-state index in [-0.39, 0.29) is 6.54 Å². The molecule has 1 aromatic carbocycles. The van der Waals surface area contributed by atoms with Crippen LogP contribution in [0.4, 0.5) is 0 Å². The van der Waals surface area contributed by atoms with E-state index >= 15 is 0 Å². The minimum atomic E-state index is -3.47. The lowest BCUT2D eigenvalue weighted by atomic mass is 10.2. The molecule has 0 N–H and O–H groups in total. The van der Waals surface area contributed by atoms with Gasteiger partial charge < -0.3 is 4.42 Å². The van der Waals surface area contributed by atoms with E-state index in [0.717, 1.165) is 15.8 Å². The first kappa shape index (κ1) is 16.4.